The minimum Gasteiger partial charge on any atom is -0.479 e. The Labute approximate surface area is 139 Å². The Hall–Kier alpha value is -2.89. The number of hydrogen-bond donors (Lipinski definition) is 3. The van der Waals surface area contributed by atoms with Crippen molar-refractivity contribution in [2.75, 3.05) is 0 Å². The topological polar surface area (TPSA) is 99.3 Å². The fourth-order valence-corrected chi connectivity index (χ4v) is 2.43. The number of aromatic nitrogens is 1. The van der Waals surface area contributed by atoms with Gasteiger partial charge in [0.15, 0.2) is 6.04 Å². The molecular weight excluding hydrogens is 308 g/mol. The van der Waals surface area contributed by atoms with Gasteiger partial charge < -0.3 is 15.4 Å². The summed E-state index contributed by atoms with van der Waals surface area (Å²) in [5, 5.41) is 11.8. The molecule has 0 spiro atoms. The third-order valence-corrected chi connectivity index (χ3v) is 3.45. The Morgan fingerprint density at radius 3 is 2.42 bits per heavy atom. The van der Waals surface area contributed by atoms with Gasteiger partial charge in [0.1, 0.15) is 0 Å². The van der Waals surface area contributed by atoms with Crippen molar-refractivity contribution in [2.24, 2.45) is 5.92 Å². The van der Waals surface area contributed by atoms with E-state index in [0.717, 1.165) is 0 Å². The summed E-state index contributed by atoms with van der Waals surface area (Å²) in [6.45, 7) is 4.00. The van der Waals surface area contributed by atoms with E-state index in [1.54, 1.807) is 36.4 Å². The van der Waals surface area contributed by atoms with Gasteiger partial charge in [-0.1, -0.05) is 44.2 Å². The van der Waals surface area contributed by atoms with Crippen LogP contribution in [0.25, 0.3) is 0 Å². The van der Waals surface area contributed by atoms with Crippen LogP contribution in [0.1, 0.15) is 41.5 Å². The second-order valence-corrected chi connectivity index (χ2v) is 6.01. The van der Waals surface area contributed by atoms with Crippen LogP contribution in [0, 0.1) is 5.92 Å². The lowest BCUT2D eigenvalue weighted by Gasteiger charge is -2.15. The Bertz CT molecular complexity index is 781. The zero-order chi connectivity index (χ0) is 17.7. The summed E-state index contributed by atoms with van der Waals surface area (Å²) >= 11 is 0. The first-order chi connectivity index (χ1) is 11.4. The molecule has 0 saturated carbocycles. The molecule has 0 aliphatic carbocycles. The van der Waals surface area contributed by atoms with Crippen molar-refractivity contribution >= 4 is 11.9 Å². The fraction of sp³-hybridized carbons (Fsp3) is 0.278. The summed E-state index contributed by atoms with van der Waals surface area (Å²) in [4.78, 5) is 38.3. The summed E-state index contributed by atoms with van der Waals surface area (Å²) in [7, 11) is 0. The number of amides is 1. The average Bonchev–Trinajstić information content (AvgIpc) is 2.51. The van der Waals surface area contributed by atoms with Crippen LogP contribution in [0.15, 0.2) is 47.3 Å². The number of carboxylic acids is 1. The highest BCUT2D eigenvalue weighted by Crippen LogP contribution is 2.14. The van der Waals surface area contributed by atoms with Crippen molar-refractivity contribution < 1.29 is 14.7 Å². The SMILES string of the molecule is CC(C)Cc1cc(C(=O)N[C@@H](C(=O)O)c2ccccc2)cc(=O)[nH]1. The predicted octanol–water partition coefficient (Wildman–Crippen LogP) is 2.13. The molecule has 0 fully saturated rings. The van der Waals surface area contributed by atoms with Crippen molar-refractivity contribution in [1.29, 1.82) is 0 Å². The van der Waals surface area contributed by atoms with E-state index in [0.29, 0.717) is 23.6 Å². The summed E-state index contributed by atoms with van der Waals surface area (Å²) in [6.07, 6.45) is 0.622. The molecule has 6 heteroatoms. The van der Waals surface area contributed by atoms with E-state index in [1.807, 2.05) is 13.8 Å². The van der Waals surface area contributed by atoms with Crippen LogP contribution < -0.4 is 10.9 Å². The molecule has 1 heterocycles. The minimum absolute atomic E-state index is 0.150. The van der Waals surface area contributed by atoms with E-state index in [1.165, 1.54) is 6.07 Å². The Kier molecular flexibility index (Phi) is 5.52. The first-order valence-electron chi connectivity index (χ1n) is 7.68. The molecule has 0 unspecified atom stereocenters. The zero-order valence-corrected chi connectivity index (χ0v) is 13.6. The van der Waals surface area contributed by atoms with Crippen molar-refractivity contribution in [3.05, 3.63) is 69.6 Å². The third-order valence-electron chi connectivity index (χ3n) is 3.45. The summed E-state index contributed by atoms with van der Waals surface area (Å²) in [5.41, 5.74) is 0.876. The molecule has 24 heavy (non-hydrogen) atoms. The van der Waals surface area contributed by atoms with Gasteiger partial charge in [0.25, 0.3) is 5.91 Å². The van der Waals surface area contributed by atoms with Crippen LogP contribution in [0.3, 0.4) is 0 Å². The van der Waals surface area contributed by atoms with Crippen LogP contribution >= 0.6 is 0 Å². The lowest BCUT2D eigenvalue weighted by atomic mass is 10.0. The number of rotatable bonds is 6. The van der Waals surface area contributed by atoms with Crippen molar-refractivity contribution in [2.45, 2.75) is 26.3 Å². The molecule has 1 atom stereocenters. The van der Waals surface area contributed by atoms with Crippen LogP contribution in [0.2, 0.25) is 0 Å². The number of aliphatic carboxylic acids is 1. The molecular formula is C18H20N2O4. The summed E-state index contributed by atoms with van der Waals surface area (Å²) < 4.78 is 0. The molecule has 126 valence electrons. The third kappa shape index (κ3) is 4.55. The Balaban J connectivity index is 2.26. The lowest BCUT2D eigenvalue weighted by Crippen LogP contribution is -2.34. The maximum absolute atomic E-state index is 12.4. The van der Waals surface area contributed by atoms with E-state index < -0.39 is 17.9 Å². The number of nitrogens with one attached hydrogen (secondary N) is 2. The molecule has 0 radical (unpaired) electrons. The molecule has 3 N–H and O–H groups in total. The zero-order valence-electron chi connectivity index (χ0n) is 13.6. The van der Waals surface area contributed by atoms with Gasteiger partial charge in [-0.25, -0.2) is 4.79 Å². The normalized spacial score (nSPS) is 12.0. The van der Waals surface area contributed by atoms with E-state index >= 15 is 0 Å². The molecule has 1 aromatic carbocycles. The largest absolute Gasteiger partial charge is 0.479 e. The van der Waals surface area contributed by atoms with Gasteiger partial charge in [0.05, 0.1) is 0 Å². The molecule has 6 nitrogen and oxygen atoms in total. The highest BCUT2D eigenvalue weighted by molar-refractivity contribution is 5.96. The number of hydrogen-bond acceptors (Lipinski definition) is 3. The average molecular weight is 328 g/mol. The molecule has 0 saturated heterocycles. The molecule has 2 rings (SSSR count). The maximum Gasteiger partial charge on any atom is 0.330 e. The van der Waals surface area contributed by atoms with Gasteiger partial charge in [0.2, 0.25) is 5.56 Å². The van der Waals surface area contributed by atoms with Crippen molar-refractivity contribution in [3.63, 3.8) is 0 Å². The van der Waals surface area contributed by atoms with E-state index in [2.05, 4.69) is 10.3 Å². The van der Waals surface area contributed by atoms with Gasteiger partial charge in [0, 0.05) is 17.3 Å². The molecule has 0 bridgehead atoms. The number of carbonyl (C=O) groups excluding carboxylic acids is 1. The van der Waals surface area contributed by atoms with Crippen LogP contribution in [0.4, 0.5) is 0 Å². The second kappa shape index (κ2) is 7.59. The monoisotopic (exact) mass is 328 g/mol. The standard InChI is InChI=1S/C18H20N2O4/c1-11(2)8-14-9-13(10-15(21)19-14)17(22)20-16(18(23)24)12-6-4-3-5-7-12/h3-7,9-11,16H,8H2,1-2H3,(H,19,21)(H,20,22)(H,23,24)/t16-/m1/s1. The van der Waals surface area contributed by atoms with E-state index in [9.17, 15) is 19.5 Å². The number of H-pyrrole nitrogens is 1. The number of aromatic amines is 1. The lowest BCUT2D eigenvalue weighted by molar-refractivity contribution is -0.139. The van der Waals surface area contributed by atoms with E-state index in [-0.39, 0.29) is 11.1 Å². The Morgan fingerprint density at radius 1 is 1.17 bits per heavy atom. The van der Waals surface area contributed by atoms with Gasteiger partial charge >= 0.3 is 5.97 Å². The number of carbonyl (C=O) groups is 2. The van der Waals surface area contributed by atoms with E-state index in [4.69, 9.17) is 0 Å². The predicted molar refractivity (Wildman–Crippen MR) is 89.9 cm³/mol. The van der Waals surface area contributed by atoms with Gasteiger partial charge in [-0.3, -0.25) is 9.59 Å². The molecule has 1 aromatic heterocycles. The summed E-state index contributed by atoms with van der Waals surface area (Å²) in [5.74, 6) is -1.45. The first kappa shape index (κ1) is 17.5. The van der Waals surface area contributed by atoms with Gasteiger partial charge in [-0.15, -0.1) is 0 Å². The molecule has 0 aliphatic rings. The smallest absolute Gasteiger partial charge is 0.330 e. The molecule has 2 aromatic rings. The quantitative estimate of drug-likeness (QED) is 0.756. The summed E-state index contributed by atoms with van der Waals surface area (Å²) in [6, 6.07) is 9.99. The van der Waals surface area contributed by atoms with Crippen LogP contribution in [0.5, 0.6) is 0 Å². The molecule has 0 aliphatic heterocycles. The Morgan fingerprint density at radius 2 is 1.83 bits per heavy atom. The number of benzene rings is 1. The number of carboxylic acid groups (broad SMARTS) is 1. The fourth-order valence-electron chi connectivity index (χ4n) is 2.43. The molecule has 1 amide bonds. The van der Waals surface area contributed by atoms with Gasteiger partial charge in [-0.2, -0.15) is 0 Å². The van der Waals surface area contributed by atoms with Gasteiger partial charge in [-0.05, 0) is 24.0 Å². The number of pyridine rings is 1. The van der Waals surface area contributed by atoms with Crippen molar-refractivity contribution in [3.8, 4) is 0 Å². The van der Waals surface area contributed by atoms with Crippen molar-refractivity contribution in [1.82, 2.24) is 10.3 Å². The van der Waals surface area contributed by atoms with Crippen LogP contribution in [-0.4, -0.2) is 22.0 Å². The first-order valence-corrected chi connectivity index (χ1v) is 7.68. The highest BCUT2D eigenvalue weighted by Gasteiger charge is 2.22. The second-order valence-electron chi connectivity index (χ2n) is 6.01. The van der Waals surface area contributed by atoms with Crippen LogP contribution in [-0.2, 0) is 11.2 Å². The maximum atomic E-state index is 12.4. The minimum atomic E-state index is -1.17. The highest BCUT2D eigenvalue weighted by atomic mass is 16.4.